The van der Waals surface area contributed by atoms with Crippen molar-refractivity contribution in [2.75, 3.05) is 6.61 Å². The molecule has 3 aromatic carbocycles. The van der Waals surface area contributed by atoms with E-state index in [1.165, 1.54) is 0 Å². The van der Waals surface area contributed by atoms with E-state index in [2.05, 4.69) is 4.72 Å². The van der Waals surface area contributed by atoms with Gasteiger partial charge in [0.1, 0.15) is 11.3 Å². The first kappa shape index (κ1) is 24.9. The Morgan fingerprint density at radius 2 is 1.65 bits per heavy atom. The summed E-state index contributed by atoms with van der Waals surface area (Å²) in [6, 6.07) is 15.2. The van der Waals surface area contributed by atoms with Gasteiger partial charge in [0.05, 0.1) is 10.5 Å². The summed E-state index contributed by atoms with van der Waals surface area (Å²) in [5.41, 5.74) is -1.20. The highest BCUT2D eigenvalue weighted by molar-refractivity contribution is 7.89. The number of hydrogen-bond donors (Lipinski definition) is 2. The number of ketones is 1. The zero-order chi connectivity index (χ0) is 24.9. The van der Waals surface area contributed by atoms with Crippen LogP contribution in [0.4, 0.5) is 13.2 Å². The number of aromatic hydroxyl groups is 1. The van der Waals surface area contributed by atoms with E-state index in [4.69, 9.17) is 4.74 Å². The quantitative estimate of drug-likeness (QED) is 0.364. The van der Waals surface area contributed by atoms with Gasteiger partial charge >= 0.3 is 12.1 Å². The number of halogens is 3. The lowest BCUT2D eigenvalue weighted by Crippen LogP contribution is -2.23. The Bertz CT molecular complexity index is 1310. The zero-order valence-electron chi connectivity index (χ0n) is 17.4. The highest BCUT2D eigenvalue weighted by atomic mass is 32.2. The second-order valence-electron chi connectivity index (χ2n) is 7.07. The fraction of sp³-hybridized carbons (Fsp3) is 0.130. The van der Waals surface area contributed by atoms with Crippen LogP contribution in [-0.2, 0) is 27.5 Å². The number of sulfonamides is 1. The molecule has 0 bridgehead atoms. The predicted octanol–water partition coefficient (Wildman–Crippen LogP) is 3.93. The molecule has 0 atom stereocenters. The molecule has 0 spiro atoms. The summed E-state index contributed by atoms with van der Waals surface area (Å²) in [5.74, 6) is -2.73. The predicted molar refractivity (Wildman–Crippen MR) is 115 cm³/mol. The Hall–Kier alpha value is -3.70. The molecule has 11 heteroatoms. The number of benzene rings is 3. The van der Waals surface area contributed by atoms with Crippen LogP contribution in [0.3, 0.4) is 0 Å². The van der Waals surface area contributed by atoms with Crippen LogP contribution in [0.15, 0.2) is 77.7 Å². The molecule has 178 valence electrons. The number of phenols is 1. The number of carbonyl (C=O) groups excluding carboxylic acids is 2. The standard InChI is InChI=1S/C23H18F3NO6S/c24-23(25,26)17-8-4-7-16(11-17)21(29)14-33-22(30)19-12-18(9-10-20(19)28)34(31,32)27-13-15-5-2-1-3-6-15/h1-12,27-28H,13-14H2. The Labute approximate surface area is 192 Å². The molecule has 0 amide bonds. The van der Waals surface area contributed by atoms with E-state index in [0.29, 0.717) is 11.6 Å². The molecule has 34 heavy (non-hydrogen) atoms. The maximum absolute atomic E-state index is 12.8. The van der Waals surface area contributed by atoms with Gasteiger partial charge in [0.25, 0.3) is 0 Å². The Morgan fingerprint density at radius 1 is 0.941 bits per heavy atom. The van der Waals surface area contributed by atoms with Gasteiger partial charge in [-0.05, 0) is 35.9 Å². The van der Waals surface area contributed by atoms with Gasteiger partial charge in [-0.3, -0.25) is 4.79 Å². The average molecular weight is 493 g/mol. The van der Waals surface area contributed by atoms with Gasteiger partial charge in [0, 0.05) is 12.1 Å². The minimum atomic E-state index is -4.65. The Kier molecular flexibility index (Phi) is 7.38. The van der Waals surface area contributed by atoms with Crippen molar-refractivity contribution in [3.05, 3.63) is 95.1 Å². The number of esters is 1. The van der Waals surface area contributed by atoms with Crippen molar-refractivity contribution in [3.63, 3.8) is 0 Å². The molecule has 3 rings (SSSR count). The van der Waals surface area contributed by atoms with Gasteiger partial charge in [-0.1, -0.05) is 42.5 Å². The van der Waals surface area contributed by atoms with Crippen LogP contribution in [0.1, 0.15) is 31.8 Å². The summed E-state index contributed by atoms with van der Waals surface area (Å²) in [4.78, 5) is 24.2. The summed E-state index contributed by atoms with van der Waals surface area (Å²) in [5, 5.41) is 9.96. The van der Waals surface area contributed by atoms with Crippen LogP contribution >= 0.6 is 0 Å². The molecule has 7 nitrogen and oxygen atoms in total. The molecule has 0 aliphatic heterocycles. The normalized spacial score (nSPS) is 11.7. The molecule has 0 heterocycles. The first-order chi connectivity index (χ1) is 16.0. The van der Waals surface area contributed by atoms with Gasteiger partial charge in [-0.25, -0.2) is 17.9 Å². The smallest absolute Gasteiger partial charge is 0.416 e. The summed E-state index contributed by atoms with van der Waals surface area (Å²) >= 11 is 0. The summed E-state index contributed by atoms with van der Waals surface area (Å²) < 4.78 is 70.7. The molecule has 0 unspecified atom stereocenters. The molecule has 0 aliphatic carbocycles. The second kappa shape index (κ2) is 10.1. The number of nitrogens with one attached hydrogen (secondary N) is 1. The molecule has 0 saturated heterocycles. The number of rotatable bonds is 8. The van der Waals surface area contributed by atoms with Crippen molar-refractivity contribution in [3.8, 4) is 5.75 Å². The monoisotopic (exact) mass is 493 g/mol. The van der Waals surface area contributed by atoms with Gasteiger partial charge in [-0.15, -0.1) is 0 Å². The number of ether oxygens (including phenoxy) is 1. The minimum absolute atomic E-state index is 0.0185. The lowest BCUT2D eigenvalue weighted by Gasteiger charge is -2.11. The lowest BCUT2D eigenvalue weighted by atomic mass is 10.1. The highest BCUT2D eigenvalue weighted by Gasteiger charge is 2.31. The molecular weight excluding hydrogens is 475 g/mol. The van der Waals surface area contributed by atoms with E-state index in [1.54, 1.807) is 30.3 Å². The van der Waals surface area contributed by atoms with Crippen molar-refractivity contribution < 1.29 is 41.0 Å². The van der Waals surface area contributed by atoms with Crippen molar-refractivity contribution in [2.24, 2.45) is 0 Å². The molecule has 0 radical (unpaired) electrons. The Balaban J connectivity index is 1.70. The average Bonchev–Trinajstić information content (AvgIpc) is 2.81. The number of hydrogen-bond acceptors (Lipinski definition) is 6. The molecular formula is C23H18F3NO6S. The van der Waals surface area contributed by atoms with Crippen LogP contribution in [-0.4, -0.2) is 31.9 Å². The van der Waals surface area contributed by atoms with E-state index in [0.717, 1.165) is 36.4 Å². The molecule has 0 saturated carbocycles. The third kappa shape index (κ3) is 6.21. The molecule has 0 aliphatic rings. The first-order valence-corrected chi connectivity index (χ1v) is 11.2. The fourth-order valence-electron chi connectivity index (χ4n) is 2.86. The van der Waals surface area contributed by atoms with Crippen LogP contribution < -0.4 is 4.72 Å². The molecule has 0 aromatic heterocycles. The van der Waals surface area contributed by atoms with E-state index in [1.807, 2.05) is 0 Å². The van der Waals surface area contributed by atoms with E-state index >= 15 is 0 Å². The SMILES string of the molecule is O=C(COC(=O)c1cc(S(=O)(=O)NCc2ccccc2)ccc1O)c1cccc(C(F)(F)F)c1. The van der Waals surface area contributed by atoms with Crippen molar-refractivity contribution in [1.29, 1.82) is 0 Å². The van der Waals surface area contributed by atoms with E-state index in [9.17, 15) is 36.3 Å². The number of alkyl halides is 3. The topological polar surface area (TPSA) is 110 Å². The summed E-state index contributed by atoms with van der Waals surface area (Å²) in [7, 11) is -4.07. The summed E-state index contributed by atoms with van der Waals surface area (Å²) in [6.45, 7) is -0.932. The number of phenolic OH excluding ortho intramolecular Hbond substituents is 1. The van der Waals surface area contributed by atoms with E-state index < -0.39 is 51.4 Å². The third-order valence-corrected chi connectivity index (χ3v) is 6.05. The minimum Gasteiger partial charge on any atom is -0.507 e. The van der Waals surface area contributed by atoms with Crippen LogP contribution in [0, 0.1) is 0 Å². The van der Waals surface area contributed by atoms with Crippen LogP contribution in [0.5, 0.6) is 5.75 Å². The van der Waals surface area contributed by atoms with Crippen molar-refractivity contribution in [2.45, 2.75) is 17.6 Å². The lowest BCUT2D eigenvalue weighted by molar-refractivity contribution is -0.137. The second-order valence-corrected chi connectivity index (χ2v) is 8.83. The number of carbonyl (C=O) groups is 2. The largest absolute Gasteiger partial charge is 0.507 e. The van der Waals surface area contributed by atoms with Crippen LogP contribution in [0.2, 0.25) is 0 Å². The fourth-order valence-corrected chi connectivity index (χ4v) is 3.91. The zero-order valence-corrected chi connectivity index (χ0v) is 18.2. The molecule has 0 fully saturated rings. The van der Waals surface area contributed by atoms with Gasteiger partial charge in [-0.2, -0.15) is 13.2 Å². The molecule has 2 N–H and O–H groups in total. The van der Waals surface area contributed by atoms with Crippen LogP contribution in [0.25, 0.3) is 0 Å². The van der Waals surface area contributed by atoms with Crippen molar-refractivity contribution in [1.82, 2.24) is 4.72 Å². The van der Waals surface area contributed by atoms with Crippen molar-refractivity contribution >= 4 is 21.8 Å². The van der Waals surface area contributed by atoms with E-state index in [-0.39, 0.29) is 17.0 Å². The summed E-state index contributed by atoms with van der Waals surface area (Å²) in [6.07, 6.45) is -4.65. The molecule has 3 aromatic rings. The van der Waals surface area contributed by atoms with Gasteiger partial charge in [0.2, 0.25) is 10.0 Å². The maximum atomic E-state index is 12.8. The first-order valence-electron chi connectivity index (χ1n) is 9.71. The third-order valence-electron chi connectivity index (χ3n) is 4.65. The Morgan fingerprint density at radius 3 is 2.32 bits per heavy atom. The van der Waals surface area contributed by atoms with Gasteiger partial charge < -0.3 is 9.84 Å². The number of Topliss-reactive ketones (excluding diaryl/α,β-unsaturated/α-hetero) is 1. The highest BCUT2D eigenvalue weighted by Crippen LogP contribution is 2.29. The maximum Gasteiger partial charge on any atom is 0.416 e. The van der Waals surface area contributed by atoms with Gasteiger partial charge in [0.15, 0.2) is 12.4 Å².